The molecule has 1 saturated carbocycles. The Labute approximate surface area is 114 Å². The predicted octanol–water partition coefficient (Wildman–Crippen LogP) is 1.25. The maximum atomic E-state index is 11.5. The molecule has 0 aromatic carbocycles. The number of aryl methyl sites for hydroxylation is 2. The molecule has 0 bridgehead atoms. The molecule has 2 aromatic heterocycles. The van der Waals surface area contributed by atoms with Crippen LogP contribution < -0.4 is 0 Å². The van der Waals surface area contributed by atoms with Crippen LogP contribution >= 0.6 is 10.7 Å². The first-order valence-corrected chi connectivity index (χ1v) is 8.09. The van der Waals surface area contributed by atoms with E-state index in [0.717, 1.165) is 24.2 Å². The zero-order chi connectivity index (χ0) is 13.8. The molecule has 2 aromatic rings. The SMILES string of the molecule is Cc1cc(-c2nnc(S(=O)(=O)Cl)n2C2CC2)n(C)n1. The van der Waals surface area contributed by atoms with Crippen LogP contribution in [0, 0.1) is 6.92 Å². The van der Waals surface area contributed by atoms with Crippen LogP contribution in [0.15, 0.2) is 11.2 Å². The number of halogens is 1. The lowest BCUT2D eigenvalue weighted by Gasteiger charge is -2.06. The molecule has 102 valence electrons. The minimum absolute atomic E-state index is 0.101. The molecule has 0 atom stereocenters. The van der Waals surface area contributed by atoms with Crippen LogP contribution in [-0.2, 0) is 16.1 Å². The van der Waals surface area contributed by atoms with Gasteiger partial charge in [-0.1, -0.05) is 0 Å². The maximum absolute atomic E-state index is 11.5. The highest BCUT2D eigenvalue weighted by molar-refractivity contribution is 8.13. The van der Waals surface area contributed by atoms with Crippen molar-refractivity contribution in [3.63, 3.8) is 0 Å². The summed E-state index contributed by atoms with van der Waals surface area (Å²) in [5, 5.41) is 11.7. The Morgan fingerprint density at radius 1 is 1.37 bits per heavy atom. The zero-order valence-corrected chi connectivity index (χ0v) is 12.0. The summed E-state index contributed by atoms with van der Waals surface area (Å²) in [4.78, 5) is 0. The molecule has 1 aliphatic rings. The predicted molar refractivity (Wildman–Crippen MR) is 68.3 cm³/mol. The highest BCUT2D eigenvalue weighted by atomic mass is 35.7. The lowest BCUT2D eigenvalue weighted by molar-refractivity contribution is 0.578. The van der Waals surface area contributed by atoms with Gasteiger partial charge in [0.05, 0.1) is 5.69 Å². The zero-order valence-electron chi connectivity index (χ0n) is 10.4. The average molecular weight is 302 g/mol. The molecule has 1 fully saturated rings. The van der Waals surface area contributed by atoms with Crippen molar-refractivity contribution in [1.82, 2.24) is 24.5 Å². The molecule has 19 heavy (non-hydrogen) atoms. The van der Waals surface area contributed by atoms with Crippen LogP contribution in [0.1, 0.15) is 24.6 Å². The number of aromatic nitrogens is 5. The number of rotatable bonds is 3. The van der Waals surface area contributed by atoms with E-state index >= 15 is 0 Å². The van der Waals surface area contributed by atoms with Gasteiger partial charge in [-0.2, -0.15) is 5.10 Å². The van der Waals surface area contributed by atoms with E-state index in [2.05, 4.69) is 15.3 Å². The maximum Gasteiger partial charge on any atom is 0.296 e. The summed E-state index contributed by atoms with van der Waals surface area (Å²) >= 11 is 0. The Hall–Kier alpha value is -1.41. The summed E-state index contributed by atoms with van der Waals surface area (Å²) in [6.45, 7) is 1.86. The Kier molecular flexibility index (Phi) is 2.68. The topological polar surface area (TPSA) is 82.7 Å². The Morgan fingerprint density at radius 3 is 2.53 bits per heavy atom. The van der Waals surface area contributed by atoms with E-state index in [1.807, 2.05) is 13.0 Å². The molecule has 0 aliphatic heterocycles. The summed E-state index contributed by atoms with van der Waals surface area (Å²) in [7, 11) is 3.29. The molecule has 0 amide bonds. The Bertz CT molecular complexity index is 744. The number of hydrogen-bond donors (Lipinski definition) is 0. The van der Waals surface area contributed by atoms with Crippen molar-refractivity contribution in [2.45, 2.75) is 31.0 Å². The molecule has 1 aliphatic carbocycles. The normalized spacial score (nSPS) is 15.9. The number of nitrogens with zero attached hydrogens (tertiary/aromatic N) is 5. The highest BCUT2D eigenvalue weighted by Crippen LogP contribution is 2.40. The van der Waals surface area contributed by atoms with Crippen LogP contribution in [0.5, 0.6) is 0 Å². The fourth-order valence-electron chi connectivity index (χ4n) is 2.10. The van der Waals surface area contributed by atoms with E-state index in [9.17, 15) is 8.42 Å². The minimum Gasteiger partial charge on any atom is -0.292 e. The second-order valence-corrected chi connectivity index (χ2v) is 7.10. The fraction of sp³-hybridized carbons (Fsp3) is 0.500. The van der Waals surface area contributed by atoms with Crippen LogP contribution in [0.25, 0.3) is 11.5 Å². The van der Waals surface area contributed by atoms with E-state index in [1.165, 1.54) is 0 Å². The van der Waals surface area contributed by atoms with E-state index in [0.29, 0.717) is 5.82 Å². The largest absolute Gasteiger partial charge is 0.296 e. The molecule has 0 spiro atoms. The van der Waals surface area contributed by atoms with Crippen molar-refractivity contribution in [3.05, 3.63) is 11.8 Å². The van der Waals surface area contributed by atoms with E-state index in [-0.39, 0.29) is 11.2 Å². The fourth-order valence-corrected chi connectivity index (χ4v) is 3.02. The minimum atomic E-state index is -3.90. The standard InChI is InChI=1S/C10H12ClN5O2S/c1-6-5-8(15(2)14-6)9-12-13-10(19(11,17)18)16(9)7-3-4-7/h5,7H,3-4H2,1-2H3. The van der Waals surface area contributed by atoms with Crippen molar-refractivity contribution in [1.29, 1.82) is 0 Å². The van der Waals surface area contributed by atoms with Crippen LogP contribution in [0.4, 0.5) is 0 Å². The van der Waals surface area contributed by atoms with Crippen molar-refractivity contribution in [3.8, 4) is 11.5 Å². The lowest BCUT2D eigenvalue weighted by atomic mass is 10.3. The van der Waals surface area contributed by atoms with E-state index in [4.69, 9.17) is 10.7 Å². The molecule has 0 saturated heterocycles. The quantitative estimate of drug-likeness (QED) is 0.797. The third-order valence-electron chi connectivity index (χ3n) is 3.03. The molecule has 0 radical (unpaired) electrons. The molecule has 3 rings (SSSR count). The molecule has 0 unspecified atom stereocenters. The summed E-state index contributed by atoms with van der Waals surface area (Å²) in [5.74, 6) is 0.491. The first-order valence-electron chi connectivity index (χ1n) is 5.78. The first kappa shape index (κ1) is 12.6. The van der Waals surface area contributed by atoms with Gasteiger partial charge >= 0.3 is 0 Å². The van der Waals surface area contributed by atoms with Gasteiger partial charge in [0.2, 0.25) is 0 Å². The second kappa shape index (κ2) is 4.04. The van der Waals surface area contributed by atoms with Crippen molar-refractivity contribution in [2.24, 2.45) is 7.05 Å². The van der Waals surface area contributed by atoms with Gasteiger partial charge < -0.3 is 0 Å². The molecular weight excluding hydrogens is 290 g/mol. The highest BCUT2D eigenvalue weighted by Gasteiger charge is 2.34. The average Bonchev–Trinajstić information content (AvgIpc) is 2.93. The summed E-state index contributed by atoms with van der Waals surface area (Å²) in [6, 6.07) is 1.94. The molecule has 0 N–H and O–H groups in total. The molecule has 2 heterocycles. The van der Waals surface area contributed by atoms with E-state index in [1.54, 1.807) is 16.3 Å². The first-order chi connectivity index (χ1) is 8.88. The Morgan fingerprint density at radius 2 is 2.05 bits per heavy atom. The third-order valence-corrected chi connectivity index (χ3v) is 4.15. The van der Waals surface area contributed by atoms with Gasteiger partial charge in [-0.15, -0.1) is 10.2 Å². The third kappa shape index (κ3) is 2.14. The molecular formula is C10H12ClN5O2S. The van der Waals surface area contributed by atoms with Crippen LogP contribution in [-0.4, -0.2) is 33.0 Å². The Balaban J connectivity index is 2.23. The van der Waals surface area contributed by atoms with Gasteiger partial charge in [-0.05, 0) is 25.8 Å². The smallest absolute Gasteiger partial charge is 0.292 e. The molecule has 9 heteroatoms. The van der Waals surface area contributed by atoms with Crippen LogP contribution in [0.3, 0.4) is 0 Å². The lowest BCUT2D eigenvalue weighted by Crippen LogP contribution is -2.07. The van der Waals surface area contributed by atoms with Gasteiger partial charge in [0.25, 0.3) is 14.2 Å². The van der Waals surface area contributed by atoms with Crippen molar-refractivity contribution in [2.75, 3.05) is 0 Å². The van der Waals surface area contributed by atoms with Crippen LogP contribution in [0.2, 0.25) is 0 Å². The van der Waals surface area contributed by atoms with Gasteiger partial charge in [-0.25, -0.2) is 8.42 Å². The monoisotopic (exact) mass is 301 g/mol. The summed E-state index contributed by atoms with van der Waals surface area (Å²) in [6.07, 6.45) is 1.81. The van der Waals surface area contributed by atoms with E-state index < -0.39 is 9.05 Å². The summed E-state index contributed by atoms with van der Waals surface area (Å²) in [5.41, 5.74) is 1.56. The van der Waals surface area contributed by atoms with Gasteiger partial charge in [0.15, 0.2) is 5.82 Å². The van der Waals surface area contributed by atoms with Gasteiger partial charge in [0.1, 0.15) is 5.69 Å². The van der Waals surface area contributed by atoms with Gasteiger partial charge in [0, 0.05) is 23.8 Å². The van der Waals surface area contributed by atoms with Gasteiger partial charge in [-0.3, -0.25) is 9.25 Å². The summed E-state index contributed by atoms with van der Waals surface area (Å²) < 4.78 is 26.3. The second-order valence-electron chi connectivity index (χ2n) is 4.64. The van der Waals surface area contributed by atoms with Crippen molar-refractivity contribution < 1.29 is 8.42 Å². The molecule has 7 nitrogen and oxygen atoms in total. The number of hydrogen-bond acceptors (Lipinski definition) is 5. The van der Waals surface area contributed by atoms with Crippen molar-refractivity contribution >= 4 is 19.7 Å².